The normalized spacial score (nSPS) is 10.8. The van der Waals surface area contributed by atoms with Crippen molar-refractivity contribution in [3.8, 4) is 0 Å². The fraction of sp³-hybridized carbons (Fsp3) is 0.133. The van der Waals surface area contributed by atoms with E-state index in [4.69, 9.17) is 5.73 Å². The van der Waals surface area contributed by atoms with Crippen molar-refractivity contribution in [2.24, 2.45) is 0 Å². The first kappa shape index (κ1) is 11.6. The molecule has 0 saturated heterocycles. The van der Waals surface area contributed by atoms with Gasteiger partial charge in [-0.05, 0) is 43.7 Å². The molecule has 0 aliphatic heterocycles. The predicted molar refractivity (Wildman–Crippen MR) is 79.7 cm³/mol. The minimum absolute atomic E-state index is 0.729. The number of aromatic amines is 1. The summed E-state index contributed by atoms with van der Waals surface area (Å²) in [6, 6.07) is 11.9. The van der Waals surface area contributed by atoms with E-state index >= 15 is 0 Å². The molecule has 1 aromatic heterocycles. The zero-order valence-electron chi connectivity index (χ0n) is 11.0. The largest absolute Gasteiger partial charge is 0.399 e. The lowest BCUT2D eigenvalue weighted by atomic mass is 10.1. The van der Waals surface area contributed by atoms with Crippen LogP contribution in [0.1, 0.15) is 11.1 Å². The first-order chi connectivity index (χ1) is 9.11. The maximum Gasteiger partial charge on any atom is 0.205 e. The average Bonchev–Trinajstić information content (AvgIpc) is 2.74. The van der Waals surface area contributed by atoms with Crippen molar-refractivity contribution >= 4 is 28.4 Å². The Bertz CT molecular complexity index is 743. The minimum atomic E-state index is 0.729. The summed E-state index contributed by atoms with van der Waals surface area (Å²) in [5.41, 5.74) is 11.8. The van der Waals surface area contributed by atoms with Crippen LogP contribution in [0.2, 0.25) is 0 Å². The summed E-state index contributed by atoms with van der Waals surface area (Å²) >= 11 is 0. The molecule has 1 heterocycles. The monoisotopic (exact) mass is 252 g/mol. The summed E-state index contributed by atoms with van der Waals surface area (Å²) in [4.78, 5) is 7.71. The van der Waals surface area contributed by atoms with Gasteiger partial charge in [0, 0.05) is 11.4 Å². The van der Waals surface area contributed by atoms with Crippen LogP contribution in [-0.2, 0) is 0 Å². The average molecular weight is 252 g/mol. The standard InChI is InChI=1S/C15H16N4/c1-9-3-5-12(10(2)7-9)17-15-18-13-6-4-11(16)8-14(13)19-15/h3-8H,16H2,1-2H3,(H2,17,18,19). The van der Waals surface area contributed by atoms with Gasteiger partial charge in [-0.2, -0.15) is 0 Å². The number of hydrogen-bond acceptors (Lipinski definition) is 3. The molecule has 0 radical (unpaired) electrons. The molecule has 0 fully saturated rings. The number of nitrogens with two attached hydrogens (primary N) is 1. The molecule has 0 amide bonds. The van der Waals surface area contributed by atoms with Crippen LogP contribution in [0.3, 0.4) is 0 Å². The fourth-order valence-corrected chi connectivity index (χ4v) is 2.17. The van der Waals surface area contributed by atoms with Crippen molar-refractivity contribution in [2.75, 3.05) is 11.1 Å². The third kappa shape index (κ3) is 2.25. The van der Waals surface area contributed by atoms with Gasteiger partial charge in [0.2, 0.25) is 5.95 Å². The zero-order valence-corrected chi connectivity index (χ0v) is 11.0. The van der Waals surface area contributed by atoms with Gasteiger partial charge in [-0.15, -0.1) is 0 Å². The maximum atomic E-state index is 5.76. The van der Waals surface area contributed by atoms with Crippen LogP contribution < -0.4 is 11.1 Å². The first-order valence-electron chi connectivity index (χ1n) is 6.21. The molecule has 3 aromatic rings. The van der Waals surface area contributed by atoms with E-state index in [0.29, 0.717) is 0 Å². The van der Waals surface area contributed by atoms with Crippen LogP contribution in [0.25, 0.3) is 11.0 Å². The van der Waals surface area contributed by atoms with Crippen LogP contribution in [-0.4, -0.2) is 9.97 Å². The van der Waals surface area contributed by atoms with Crippen LogP contribution in [0.5, 0.6) is 0 Å². The lowest BCUT2D eigenvalue weighted by molar-refractivity contribution is 1.28. The molecule has 0 bridgehead atoms. The fourth-order valence-electron chi connectivity index (χ4n) is 2.17. The number of nitrogens with zero attached hydrogens (tertiary/aromatic N) is 1. The topological polar surface area (TPSA) is 66.7 Å². The molecule has 0 atom stereocenters. The molecule has 0 aliphatic rings. The van der Waals surface area contributed by atoms with Crippen molar-refractivity contribution < 1.29 is 0 Å². The number of fused-ring (bicyclic) bond motifs is 1. The number of aromatic nitrogens is 2. The Morgan fingerprint density at radius 1 is 1.11 bits per heavy atom. The number of rotatable bonds is 2. The molecule has 4 N–H and O–H groups in total. The summed E-state index contributed by atoms with van der Waals surface area (Å²) in [5, 5.41) is 3.30. The Balaban J connectivity index is 1.96. The number of hydrogen-bond donors (Lipinski definition) is 3. The molecular formula is C15H16N4. The van der Waals surface area contributed by atoms with E-state index in [1.165, 1.54) is 11.1 Å². The van der Waals surface area contributed by atoms with Crippen LogP contribution >= 0.6 is 0 Å². The Kier molecular flexibility index (Phi) is 2.63. The first-order valence-corrected chi connectivity index (χ1v) is 6.21. The summed E-state index contributed by atoms with van der Waals surface area (Å²) in [6.07, 6.45) is 0. The van der Waals surface area contributed by atoms with Gasteiger partial charge in [0.15, 0.2) is 0 Å². The lowest BCUT2D eigenvalue weighted by Crippen LogP contribution is -1.95. The van der Waals surface area contributed by atoms with E-state index in [0.717, 1.165) is 28.4 Å². The zero-order chi connectivity index (χ0) is 13.4. The van der Waals surface area contributed by atoms with Crippen LogP contribution in [0.4, 0.5) is 17.3 Å². The molecule has 4 nitrogen and oxygen atoms in total. The van der Waals surface area contributed by atoms with E-state index in [1.807, 2.05) is 18.2 Å². The van der Waals surface area contributed by atoms with Gasteiger partial charge in [0.1, 0.15) is 0 Å². The molecule has 4 heteroatoms. The second-order valence-electron chi connectivity index (χ2n) is 4.81. The maximum absolute atomic E-state index is 5.76. The van der Waals surface area contributed by atoms with Gasteiger partial charge in [-0.3, -0.25) is 0 Å². The van der Waals surface area contributed by atoms with E-state index in [9.17, 15) is 0 Å². The lowest BCUT2D eigenvalue weighted by Gasteiger charge is -2.07. The van der Waals surface area contributed by atoms with Gasteiger partial charge in [0.25, 0.3) is 0 Å². The van der Waals surface area contributed by atoms with Crippen molar-refractivity contribution in [3.63, 3.8) is 0 Å². The molecular weight excluding hydrogens is 236 g/mol. The Morgan fingerprint density at radius 2 is 1.95 bits per heavy atom. The minimum Gasteiger partial charge on any atom is -0.399 e. The van der Waals surface area contributed by atoms with E-state index in [-0.39, 0.29) is 0 Å². The summed E-state index contributed by atoms with van der Waals surface area (Å²) in [5.74, 6) is 0.729. The van der Waals surface area contributed by atoms with Crippen LogP contribution in [0, 0.1) is 13.8 Å². The third-order valence-electron chi connectivity index (χ3n) is 3.14. The molecule has 0 aliphatic carbocycles. The number of aryl methyl sites for hydroxylation is 2. The van der Waals surface area contributed by atoms with E-state index < -0.39 is 0 Å². The highest BCUT2D eigenvalue weighted by atomic mass is 15.1. The molecule has 2 aromatic carbocycles. The Morgan fingerprint density at radius 3 is 2.74 bits per heavy atom. The number of H-pyrrole nitrogens is 1. The number of imidazole rings is 1. The third-order valence-corrected chi connectivity index (χ3v) is 3.14. The van der Waals surface area contributed by atoms with Gasteiger partial charge in [0.05, 0.1) is 11.0 Å². The van der Waals surface area contributed by atoms with Crippen molar-refractivity contribution in [2.45, 2.75) is 13.8 Å². The van der Waals surface area contributed by atoms with Gasteiger partial charge >= 0.3 is 0 Å². The highest BCUT2D eigenvalue weighted by molar-refractivity contribution is 5.81. The SMILES string of the molecule is Cc1ccc(Nc2nc3ccc(N)cc3[nH]2)c(C)c1. The summed E-state index contributed by atoms with van der Waals surface area (Å²) in [6.45, 7) is 4.16. The molecule has 19 heavy (non-hydrogen) atoms. The van der Waals surface area contributed by atoms with Crippen LogP contribution in [0.15, 0.2) is 36.4 Å². The Hall–Kier alpha value is -2.49. The van der Waals surface area contributed by atoms with E-state index in [2.05, 4.69) is 47.3 Å². The number of nitrogen functional groups attached to an aromatic ring is 1. The molecule has 0 unspecified atom stereocenters. The number of anilines is 3. The predicted octanol–water partition coefficient (Wildman–Crippen LogP) is 3.51. The number of nitrogens with one attached hydrogen (secondary N) is 2. The molecule has 0 spiro atoms. The quantitative estimate of drug-likeness (QED) is 0.611. The Labute approximate surface area is 111 Å². The van der Waals surface area contributed by atoms with Gasteiger partial charge in [-0.25, -0.2) is 4.98 Å². The molecule has 0 saturated carbocycles. The highest BCUT2D eigenvalue weighted by Crippen LogP contribution is 2.22. The summed E-state index contributed by atoms with van der Waals surface area (Å²) < 4.78 is 0. The highest BCUT2D eigenvalue weighted by Gasteiger charge is 2.05. The molecule has 96 valence electrons. The van der Waals surface area contributed by atoms with Crippen molar-refractivity contribution in [3.05, 3.63) is 47.5 Å². The second kappa shape index (κ2) is 4.31. The van der Waals surface area contributed by atoms with E-state index in [1.54, 1.807) is 0 Å². The van der Waals surface area contributed by atoms with Gasteiger partial charge in [-0.1, -0.05) is 17.7 Å². The van der Waals surface area contributed by atoms with Crippen molar-refractivity contribution in [1.82, 2.24) is 9.97 Å². The van der Waals surface area contributed by atoms with Gasteiger partial charge < -0.3 is 16.0 Å². The second-order valence-corrected chi connectivity index (χ2v) is 4.81. The van der Waals surface area contributed by atoms with Crippen molar-refractivity contribution in [1.29, 1.82) is 0 Å². The smallest absolute Gasteiger partial charge is 0.205 e. The summed E-state index contributed by atoms with van der Waals surface area (Å²) in [7, 11) is 0. The molecule has 3 rings (SSSR count). The number of benzene rings is 2.